The van der Waals surface area contributed by atoms with E-state index in [1.807, 2.05) is 7.05 Å². The Morgan fingerprint density at radius 1 is 1.00 bits per heavy atom. The van der Waals surface area contributed by atoms with Crippen molar-refractivity contribution in [1.29, 1.82) is 0 Å². The van der Waals surface area contributed by atoms with Gasteiger partial charge in [-0.15, -0.1) is 24.0 Å². The summed E-state index contributed by atoms with van der Waals surface area (Å²) in [5.74, 6) is 2.40. The highest BCUT2D eigenvalue weighted by molar-refractivity contribution is 14.0. The summed E-state index contributed by atoms with van der Waals surface area (Å²) in [5, 5.41) is 7.19. The molecule has 1 heterocycles. The zero-order chi connectivity index (χ0) is 19.2. The molecule has 0 bridgehead atoms. The van der Waals surface area contributed by atoms with Crippen molar-refractivity contribution in [3.63, 3.8) is 0 Å². The van der Waals surface area contributed by atoms with Gasteiger partial charge in [0.05, 0.1) is 0 Å². The molecule has 0 radical (unpaired) electrons. The Morgan fingerprint density at radius 2 is 1.66 bits per heavy atom. The van der Waals surface area contributed by atoms with Crippen molar-refractivity contribution in [2.45, 2.75) is 37.8 Å². The number of hydrogen-bond donors (Lipinski definition) is 2. The van der Waals surface area contributed by atoms with E-state index in [-0.39, 0.29) is 24.0 Å². The number of nitrogens with one attached hydrogen (secondary N) is 2. The normalized spacial score (nSPS) is 22.6. The molecule has 0 aromatic heterocycles. The van der Waals surface area contributed by atoms with Gasteiger partial charge < -0.3 is 10.6 Å². The van der Waals surface area contributed by atoms with E-state index in [0.29, 0.717) is 12.0 Å². The maximum atomic E-state index is 4.45. The molecular formula is C24H33IN4. The second-order valence-corrected chi connectivity index (χ2v) is 8.15. The van der Waals surface area contributed by atoms with Crippen LogP contribution in [0.5, 0.6) is 0 Å². The predicted molar refractivity (Wildman–Crippen MR) is 132 cm³/mol. The van der Waals surface area contributed by atoms with Crippen molar-refractivity contribution < 1.29 is 0 Å². The first kappa shape index (κ1) is 22.1. The van der Waals surface area contributed by atoms with E-state index in [1.165, 1.54) is 30.4 Å². The van der Waals surface area contributed by atoms with Crippen LogP contribution in [0.1, 0.15) is 36.3 Å². The fourth-order valence-corrected chi connectivity index (χ4v) is 4.27. The van der Waals surface area contributed by atoms with Gasteiger partial charge in [-0.1, -0.05) is 60.7 Å². The number of rotatable bonds is 6. The molecule has 2 aliphatic rings. The van der Waals surface area contributed by atoms with Crippen LogP contribution in [0.2, 0.25) is 0 Å². The predicted octanol–water partition coefficient (Wildman–Crippen LogP) is 4.24. The van der Waals surface area contributed by atoms with Gasteiger partial charge in [0.2, 0.25) is 0 Å². The van der Waals surface area contributed by atoms with E-state index in [4.69, 9.17) is 0 Å². The molecule has 1 saturated heterocycles. The Morgan fingerprint density at radius 3 is 2.31 bits per heavy atom. The number of halogens is 1. The summed E-state index contributed by atoms with van der Waals surface area (Å²) in [5.41, 5.74) is 2.88. The molecule has 1 saturated carbocycles. The maximum absolute atomic E-state index is 4.45. The minimum absolute atomic E-state index is 0. The van der Waals surface area contributed by atoms with Crippen molar-refractivity contribution in [3.05, 3.63) is 71.8 Å². The van der Waals surface area contributed by atoms with Gasteiger partial charge in [0.1, 0.15) is 0 Å². The van der Waals surface area contributed by atoms with E-state index in [2.05, 4.69) is 81.2 Å². The summed E-state index contributed by atoms with van der Waals surface area (Å²) in [6, 6.07) is 22.2. The molecule has 5 heteroatoms. The van der Waals surface area contributed by atoms with E-state index in [9.17, 15) is 0 Å². The number of nitrogens with zero attached hydrogens (tertiary/aromatic N) is 2. The van der Waals surface area contributed by atoms with Crippen LogP contribution in [0.3, 0.4) is 0 Å². The van der Waals surface area contributed by atoms with Gasteiger partial charge in [0.25, 0.3) is 0 Å². The standard InChI is InChI=1S/C24H32N4.HI/c1-25-24(26-17-21-16-23(21)20-10-6-3-7-11-20)27-22-12-14-28(15-13-22)18-19-8-4-2-5-9-19;/h2-11,21-23H,12-18H2,1H3,(H2,25,26,27);1H. The molecule has 1 aliphatic heterocycles. The van der Waals surface area contributed by atoms with E-state index in [0.717, 1.165) is 38.1 Å². The average Bonchev–Trinajstić information content (AvgIpc) is 3.53. The van der Waals surface area contributed by atoms with Crippen LogP contribution in [0, 0.1) is 5.92 Å². The first-order valence-corrected chi connectivity index (χ1v) is 10.6. The molecule has 2 atom stereocenters. The first-order chi connectivity index (χ1) is 13.8. The summed E-state index contributed by atoms with van der Waals surface area (Å²) in [6.07, 6.45) is 3.62. The van der Waals surface area contributed by atoms with Crippen LogP contribution in [-0.2, 0) is 6.54 Å². The number of aliphatic imine (C=N–C) groups is 1. The summed E-state index contributed by atoms with van der Waals surface area (Å²) in [6.45, 7) is 4.35. The Bertz CT molecular complexity index is 757. The molecule has 156 valence electrons. The van der Waals surface area contributed by atoms with Crippen LogP contribution in [0.15, 0.2) is 65.7 Å². The number of guanidine groups is 1. The van der Waals surface area contributed by atoms with E-state index < -0.39 is 0 Å². The quantitative estimate of drug-likeness (QED) is 0.351. The molecule has 2 unspecified atom stereocenters. The van der Waals surface area contributed by atoms with Gasteiger partial charge in [0.15, 0.2) is 5.96 Å². The van der Waals surface area contributed by atoms with E-state index in [1.54, 1.807) is 0 Å². The fourth-order valence-electron chi connectivity index (χ4n) is 4.27. The second kappa shape index (κ2) is 11.0. The van der Waals surface area contributed by atoms with Crippen LogP contribution in [-0.4, -0.2) is 43.6 Å². The Labute approximate surface area is 192 Å². The third-order valence-corrected chi connectivity index (χ3v) is 6.08. The van der Waals surface area contributed by atoms with Gasteiger partial charge in [-0.05, 0) is 42.2 Å². The lowest BCUT2D eigenvalue weighted by atomic mass is 10.0. The SMILES string of the molecule is CN=C(NCC1CC1c1ccccc1)NC1CCN(Cc2ccccc2)CC1.I. The summed E-state index contributed by atoms with van der Waals surface area (Å²) in [7, 11) is 1.88. The van der Waals surface area contributed by atoms with Gasteiger partial charge in [-0.2, -0.15) is 0 Å². The highest BCUT2D eigenvalue weighted by atomic mass is 127. The molecule has 2 N–H and O–H groups in total. The average molecular weight is 504 g/mol. The van der Waals surface area contributed by atoms with Crippen LogP contribution in [0.4, 0.5) is 0 Å². The zero-order valence-corrected chi connectivity index (χ0v) is 19.6. The highest BCUT2D eigenvalue weighted by Crippen LogP contribution is 2.46. The smallest absolute Gasteiger partial charge is 0.191 e. The molecule has 29 heavy (non-hydrogen) atoms. The minimum Gasteiger partial charge on any atom is -0.356 e. The number of piperidine rings is 1. The van der Waals surface area contributed by atoms with Gasteiger partial charge in [-0.25, -0.2) is 0 Å². The Hall–Kier alpha value is -1.60. The number of hydrogen-bond acceptors (Lipinski definition) is 2. The lowest BCUT2D eigenvalue weighted by Gasteiger charge is -2.33. The van der Waals surface area contributed by atoms with Crippen molar-refractivity contribution in [2.24, 2.45) is 10.9 Å². The monoisotopic (exact) mass is 504 g/mol. The second-order valence-electron chi connectivity index (χ2n) is 8.15. The third-order valence-electron chi connectivity index (χ3n) is 6.08. The molecular weight excluding hydrogens is 471 g/mol. The summed E-state index contributed by atoms with van der Waals surface area (Å²) >= 11 is 0. The van der Waals surface area contributed by atoms with Gasteiger partial charge >= 0.3 is 0 Å². The number of likely N-dealkylation sites (tertiary alicyclic amines) is 1. The van der Waals surface area contributed by atoms with Crippen molar-refractivity contribution >= 4 is 29.9 Å². The molecule has 1 aliphatic carbocycles. The summed E-state index contributed by atoms with van der Waals surface area (Å²) < 4.78 is 0. The molecule has 0 amide bonds. The van der Waals surface area contributed by atoms with Gasteiger partial charge in [0, 0.05) is 39.3 Å². The molecule has 0 spiro atoms. The van der Waals surface area contributed by atoms with E-state index >= 15 is 0 Å². The van der Waals surface area contributed by atoms with Crippen LogP contribution < -0.4 is 10.6 Å². The van der Waals surface area contributed by atoms with Crippen molar-refractivity contribution in [1.82, 2.24) is 15.5 Å². The van der Waals surface area contributed by atoms with Crippen LogP contribution >= 0.6 is 24.0 Å². The van der Waals surface area contributed by atoms with Crippen molar-refractivity contribution in [2.75, 3.05) is 26.7 Å². The molecule has 2 fully saturated rings. The minimum atomic E-state index is 0. The molecule has 4 nitrogen and oxygen atoms in total. The molecule has 4 rings (SSSR count). The largest absolute Gasteiger partial charge is 0.356 e. The zero-order valence-electron chi connectivity index (χ0n) is 17.3. The number of benzene rings is 2. The first-order valence-electron chi connectivity index (χ1n) is 10.6. The van der Waals surface area contributed by atoms with Crippen LogP contribution in [0.25, 0.3) is 0 Å². The highest BCUT2D eigenvalue weighted by Gasteiger charge is 2.37. The Balaban J connectivity index is 0.00000240. The summed E-state index contributed by atoms with van der Waals surface area (Å²) in [4.78, 5) is 7.00. The molecule has 2 aromatic rings. The Kier molecular flexibility index (Phi) is 8.36. The lowest BCUT2D eigenvalue weighted by Crippen LogP contribution is -2.48. The van der Waals surface area contributed by atoms with Crippen molar-refractivity contribution in [3.8, 4) is 0 Å². The maximum Gasteiger partial charge on any atom is 0.191 e. The lowest BCUT2D eigenvalue weighted by molar-refractivity contribution is 0.198. The van der Waals surface area contributed by atoms with Gasteiger partial charge in [-0.3, -0.25) is 9.89 Å². The third kappa shape index (κ3) is 6.44. The fraction of sp³-hybridized carbons (Fsp3) is 0.458. The molecule has 2 aromatic carbocycles. The topological polar surface area (TPSA) is 39.7 Å².